The normalized spacial score (nSPS) is 9.53. The Bertz CT molecular complexity index is 491. The van der Waals surface area contributed by atoms with E-state index in [4.69, 9.17) is 4.42 Å². The Labute approximate surface area is 88.0 Å². The summed E-state index contributed by atoms with van der Waals surface area (Å²) in [4.78, 5) is 19.4. The molecule has 80 valence electrons. The number of aryl methyl sites for hydroxylation is 1. The molecular weight excluding hydrogens is 192 g/mol. The molecule has 0 aliphatic heterocycles. The molecule has 0 aromatic carbocycles. The summed E-state index contributed by atoms with van der Waals surface area (Å²) in [5.41, 5.74) is 0.0885. The van der Waals surface area contributed by atoms with Gasteiger partial charge in [-0.1, -0.05) is 20.8 Å². The fourth-order valence-corrected chi connectivity index (χ4v) is 1.10. The van der Waals surface area contributed by atoms with E-state index in [9.17, 15) is 4.79 Å². The Kier molecular flexibility index (Phi) is 3.97. The highest BCUT2D eigenvalue weighted by Crippen LogP contribution is 2.03. The molecule has 4 heteroatoms. The van der Waals surface area contributed by atoms with Crippen molar-refractivity contribution in [3.8, 4) is 0 Å². The van der Waals surface area contributed by atoms with Crippen molar-refractivity contribution < 1.29 is 4.42 Å². The van der Waals surface area contributed by atoms with Crippen LogP contribution >= 0.6 is 0 Å². The number of hydrogen-bond donors (Lipinski definition) is 0. The number of nitrogens with zero attached hydrogens (tertiary/aromatic N) is 2. The molecule has 0 spiro atoms. The molecule has 2 rings (SSSR count). The van der Waals surface area contributed by atoms with Gasteiger partial charge in [-0.05, 0) is 12.1 Å². The van der Waals surface area contributed by atoms with Crippen LogP contribution in [0.4, 0.5) is 0 Å². The third kappa shape index (κ3) is 2.40. The predicted molar refractivity (Wildman–Crippen MR) is 58.8 cm³/mol. The molecule has 0 saturated carbocycles. The van der Waals surface area contributed by atoms with Crippen molar-refractivity contribution in [1.29, 1.82) is 0 Å². The van der Waals surface area contributed by atoms with E-state index < -0.39 is 0 Å². The van der Waals surface area contributed by atoms with Gasteiger partial charge in [-0.3, -0.25) is 0 Å². The SMILES string of the molecule is CC.CCc1nc2ncccc2c(=O)o1. The average Bonchev–Trinajstić information content (AvgIpc) is 2.31. The Morgan fingerprint density at radius 3 is 2.80 bits per heavy atom. The summed E-state index contributed by atoms with van der Waals surface area (Å²) in [6.07, 6.45) is 2.20. The minimum Gasteiger partial charge on any atom is -0.408 e. The van der Waals surface area contributed by atoms with Crippen molar-refractivity contribution in [3.63, 3.8) is 0 Å². The average molecular weight is 206 g/mol. The molecule has 0 aliphatic rings. The van der Waals surface area contributed by atoms with Crippen LogP contribution in [0.25, 0.3) is 11.0 Å². The summed E-state index contributed by atoms with van der Waals surface area (Å²) in [5.74, 6) is 0.427. The zero-order valence-corrected chi connectivity index (χ0v) is 9.15. The number of hydrogen-bond acceptors (Lipinski definition) is 4. The Morgan fingerprint density at radius 1 is 1.40 bits per heavy atom. The van der Waals surface area contributed by atoms with E-state index in [1.165, 1.54) is 0 Å². The Morgan fingerprint density at radius 2 is 2.13 bits per heavy atom. The van der Waals surface area contributed by atoms with Crippen molar-refractivity contribution in [2.45, 2.75) is 27.2 Å². The Balaban J connectivity index is 0.000000531. The summed E-state index contributed by atoms with van der Waals surface area (Å²) >= 11 is 0. The molecule has 0 bridgehead atoms. The fourth-order valence-electron chi connectivity index (χ4n) is 1.10. The molecule has 2 aromatic rings. The van der Waals surface area contributed by atoms with Crippen LogP contribution in [0.2, 0.25) is 0 Å². The van der Waals surface area contributed by atoms with Crippen LogP contribution in [0, 0.1) is 0 Å². The van der Waals surface area contributed by atoms with Crippen LogP contribution < -0.4 is 5.63 Å². The molecule has 0 amide bonds. The molecule has 0 atom stereocenters. The van der Waals surface area contributed by atoms with Gasteiger partial charge in [-0.25, -0.2) is 9.78 Å². The van der Waals surface area contributed by atoms with Gasteiger partial charge < -0.3 is 4.42 Å². The van der Waals surface area contributed by atoms with Gasteiger partial charge in [0, 0.05) is 12.6 Å². The van der Waals surface area contributed by atoms with Crippen LogP contribution in [-0.2, 0) is 6.42 Å². The molecule has 0 N–H and O–H groups in total. The third-order valence-electron chi connectivity index (χ3n) is 1.75. The van der Waals surface area contributed by atoms with Gasteiger partial charge in [0.15, 0.2) is 11.5 Å². The topological polar surface area (TPSA) is 56.0 Å². The van der Waals surface area contributed by atoms with Gasteiger partial charge >= 0.3 is 5.63 Å². The Hall–Kier alpha value is -1.71. The lowest BCUT2D eigenvalue weighted by atomic mass is 10.3. The summed E-state index contributed by atoms with van der Waals surface area (Å²) in [6, 6.07) is 3.34. The molecular formula is C11H14N2O2. The lowest BCUT2D eigenvalue weighted by Crippen LogP contribution is -2.05. The van der Waals surface area contributed by atoms with Crippen LogP contribution in [-0.4, -0.2) is 9.97 Å². The zero-order valence-electron chi connectivity index (χ0n) is 9.15. The quantitative estimate of drug-likeness (QED) is 0.717. The van der Waals surface area contributed by atoms with Crippen molar-refractivity contribution >= 4 is 11.0 Å². The van der Waals surface area contributed by atoms with Crippen LogP contribution in [0.15, 0.2) is 27.5 Å². The first kappa shape index (κ1) is 11.4. The van der Waals surface area contributed by atoms with Gasteiger partial charge in [-0.15, -0.1) is 0 Å². The standard InChI is InChI=1S/C9H8N2O2.C2H6/c1-2-7-11-8-6(9(12)13-7)4-3-5-10-8;1-2/h3-5H,2H2,1H3;1-2H3. The molecule has 0 radical (unpaired) electrons. The molecule has 15 heavy (non-hydrogen) atoms. The second-order valence-electron chi connectivity index (χ2n) is 2.62. The summed E-state index contributed by atoms with van der Waals surface area (Å²) in [6.45, 7) is 5.88. The lowest BCUT2D eigenvalue weighted by molar-refractivity contribution is 0.449. The summed E-state index contributed by atoms with van der Waals surface area (Å²) in [7, 11) is 0. The minimum absolute atomic E-state index is 0.366. The van der Waals surface area contributed by atoms with Crippen molar-refractivity contribution in [2.75, 3.05) is 0 Å². The highest BCUT2D eigenvalue weighted by molar-refractivity contribution is 5.72. The summed E-state index contributed by atoms with van der Waals surface area (Å²) in [5, 5.41) is 0.430. The highest BCUT2D eigenvalue weighted by atomic mass is 16.4. The number of pyridine rings is 1. The van der Waals surface area contributed by atoms with E-state index in [1.807, 2.05) is 20.8 Å². The number of aromatic nitrogens is 2. The maximum atomic E-state index is 11.3. The zero-order chi connectivity index (χ0) is 11.3. The van der Waals surface area contributed by atoms with E-state index in [0.717, 1.165) is 0 Å². The van der Waals surface area contributed by atoms with Gasteiger partial charge in [0.1, 0.15) is 5.39 Å². The van der Waals surface area contributed by atoms with Crippen molar-refractivity contribution in [3.05, 3.63) is 34.6 Å². The minimum atomic E-state index is -0.366. The largest absolute Gasteiger partial charge is 0.408 e. The number of fused-ring (bicyclic) bond motifs is 1. The van der Waals surface area contributed by atoms with E-state index >= 15 is 0 Å². The molecule has 0 unspecified atom stereocenters. The smallest absolute Gasteiger partial charge is 0.348 e. The van der Waals surface area contributed by atoms with Gasteiger partial charge in [-0.2, -0.15) is 4.98 Å². The fraction of sp³-hybridized carbons (Fsp3) is 0.364. The molecule has 2 heterocycles. The van der Waals surface area contributed by atoms with Gasteiger partial charge in [0.2, 0.25) is 0 Å². The summed E-state index contributed by atoms with van der Waals surface area (Å²) < 4.78 is 4.93. The van der Waals surface area contributed by atoms with Crippen LogP contribution in [0.1, 0.15) is 26.7 Å². The van der Waals surface area contributed by atoms with E-state index in [1.54, 1.807) is 18.3 Å². The maximum absolute atomic E-state index is 11.3. The van der Waals surface area contributed by atoms with Crippen molar-refractivity contribution in [1.82, 2.24) is 9.97 Å². The molecule has 2 aromatic heterocycles. The highest BCUT2D eigenvalue weighted by Gasteiger charge is 2.03. The molecule has 0 saturated heterocycles. The first-order valence-corrected chi connectivity index (χ1v) is 5.06. The maximum Gasteiger partial charge on any atom is 0.348 e. The molecule has 0 aliphatic carbocycles. The first-order chi connectivity index (χ1) is 7.31. The van der Waals surface area contributed by atoms with Crippen LogP contribution in [0.5, 0.6) is 0 Å². The number of rotatable bonds is 1. The molecule has 0 fully saturated rings. The van der Waals surface area contributed by atoms with E-state index in [0.29, 0.717) is 23.3 Å². The van der Waals surface area contributed by atoms with Gasteiger partial charge in [0.25, 0.3) is 0 Å². The predicted octanol–water partition coefficient (Wildman–Crippen LogP) is 2.17. The van der Waals surface area contributed by atoms with Crippen molar-refractivity contribution in [2.24, 2.45) is 0 Å². The third-order valence-corrected chi connectivity index (χ3v) is 1.75. The van der Waals surface area contributed by atoms with E-state index in [-0.39, 0.29) is 5.63 Å². The monoisotopic (exact) mass is 206 g/mol. The first-order valence-electron chi connectivity index (χ1n) is 5.06. The van der Waals surface area contributed by atoms with Crippen LogP contribution in [0.3, 0.4) is 0 Å². The lowest BCUT2D eigenvalue weighted by Gasteiger charge is -1.96. The molecule has 4 nitrogen and oxygen atoms in total. The second-order valence-corrected chi connectivity index (χ2v) is 2.62. The van der Waals surface area contributed by atoms with Gasteiger partial charge in [0.05, 0.1) is 0 Å². The van der Waals surface area contributed by atoms with E-state index in [2.05, 4.69) is 9.97 Å². The second kappa shape index (κ2) is 5.24.